The first kappa shape index (κ1) is 23.6. The van der Waals surface area contributed by atoms with Crippen LogP contribution in [0.15, 0.2) is 30.3 Å². The highest BCUT2D eigenvalue weighted by Crippen LogP contribution is 2.36. The molecule has 2 atom stereocenters. The number of piperidine rings is 1. The summed E-state index contributed by atoms with van der Waals surface area (Å²) >= 11 is 0. The minimum Gasteiger partial charge on any atom is -0.311 e. The minimum atomic E-state index is -1.42. The number of hydrogen-bond donors (Lipinski definition) is 1. The first-order chi connectivity index (χ1) is 15.8. The largest absolute Gasteiger partial charge is 0.333 e. The van der Waals surface area contributed by atoms with E-state index in [1.807, 2.05) is 30.3 Å². The van der Waals surface area contributed by atoms with Gasteiger partial charge in [-0.15, -0.1) is 0 Å². The maximum absolute atomic E-state index is 13.4. The Balaban J connectivity index is 1.45. The molecule has 7 nitrogen and oxygen atoms in total. The lowest BCUT2D eigenvalue weighted by molar-refractivity contribution is -0.158. The van der Waals surface area contributed by atoms with Crippen LogP contribution in [0.5, 0.6) is 0 Å². The summed E-state index contributed by atoms with van der Waals surface area (Å²) in [6.07, 6.45) is 9.22. The molecule has 0 bridgehead atoms. The fraction of sp³-hybridized carbons (Fsp3) is 0.615. The fourth-order valence-corrected chi connectivity index (χ4v) is 5.78. The van der Waals surface area contributed by atoms with Crippen molar-refractivity contribution >= 4 is 23.6 Å². The van der Waals surface area contributed by atoms with E-state index in [-0.39, 0.29) is 30.2 Å². The van der Waals surface area contributed by atoms with Gasteiger partial charge in [0.05, 0.1) is 6.54 Å². The van der Waals surface area contributed by atoms with Gasteiger partial charge in [-0.25, -0.2) is 4.79 Å². The number of hydrogen-bond acceptors (Lipinski definition) is 5. The molecule has 2 saturated heterocycles. The van der Waals surface area contributed by atoms with Crippen LogP contribution in [0.4, 0.5) is 4.79 Å². The van der Waals surface area contributed by atoms with Crippen LogP contribution in [-0.2, 0) is 20.8 Å². The number of amides is 4. The predicted octanol–water partition coefficient (Wildman–Crippen LogP) is 3.32. The van der Waals surface area contributed by atoms with E-state index in [1.54, 1.807) is 6.92 Å². The van der Waals surface area contributed by atoms with Gasteiger partial charge in [0, 0.05) is 25.0 Å². The van der Waals surface area contributed by atoms with Crippen molar-refractivity contribution < 1.29 is 19.2 Å². The average Bonchev–Trinajstić information content (AvgIpc) is 3.06. The van der Waals surface area contributed by atoms with Gasteiger partial charge in [-0.3, -0.25) is 24.2 Å². The summed E-state index contributed by atoms with van der Waals surface area (Å²) in [6.45, 7) is 1.88. The van der Waals surface area contributed by atoms with Crippen molar-refractivity contribution in [1.82, 2.24) is 15.1 Å². The Bertz CT molecular complexity index is 913. The van der Waals surface area contributed by atoms with Crippen molar-refractivity contribution in [2.24, 2.45) is 11.3 Å². The van der Waals surface area contributed by atoms with Gasteiger partial charge in [-0.05, 0) is 44.6 Å². The summed E-state index contributed by atoms with van der Waals surface area (Å²) in [6, 6.07) is 8.57. The molecule has 1 saturated carbocycles. The number of nitrogens with one attached hydrogen (secondary N) is 1. The summed E-state index contributed by atoms with van der Waals surface area (Å²) in [7, 11) is 1.38. The zero-order chi connectivity index (χ0) is 23.6. The van der Waals surface area contributed by atoms with Gasteiger partial charge in [0.1, 0.15) is 5.41 Å². The maximum atomic E-state index is 13.4. The number of ketones is 1. The van der Waals surface area contributed by atoms with Crippen LogP contribution >= 0.6 is 0 Å². The molecule has 7 heteroatoms. The average molecular weight is 454 g/mol. The molecule has 33 heavy (non-hydrogen) atoms. The molecule has 0 radical (unpaired) electrons. The molecule has 4 rings (SSSR count). The summed E-state index contributed by atoms with van der Waals surface area (Å²) < 4.78 is 0. The number of urea groups is 1. The number of barbiturate groups is 1. The van der Waals surface area contributed by atoms with E-state index in [9.17, 15) is 19.2 Å². The van der Waals surface area contributed by atoms with Gasteiger partial charge in [0.2, 0.25) is 11.8 Å². The number of benzene rings is 1. The molecule has 178 valence electrons. The number of imide groups is 2. The number of Topliss-reactive ketones (excluding diaryl/α,β-unsaturated/α-hetero) is 1. The number of carbonyl (C=O) groups is 4. The molecule has 2 aliphatic heterocycles. The molecular weight excluding hydrogens is 418 g/mol. The summed E-state index contributed by atoms with van der Waals surface area (Å²) in [5.74, 6) is -1.45. The van der Waals surface area contributed by atoms with Crippen molar-refractivity contribution in [2.75, 3.05) is 20.1 Å². The second-order valence-electron chi connectivity index (χ2n) is 10.3. The number of carbonyl (C=O) groups excluding carboxylic acids is 4. The van der Waals surface area contributed by atoms with E-state index in [4.69, 9.17) is 0 Å². The molecule has 2 heterocycles. The van der Waals surface area contributed by atoms with E-state index in [0.717, 1.165) is 41.0 Å². The molecule has 1 aromatic rings. The van der Waals surface area contributed by atoms with E-state index in [0.29, 0.717) is 6.54 Å². The standard InChI is InChI=1S/C26H35N3O4/c1-25(16-19-10-6-5-7-11-19)22(31)28(2)24(33)29(23(25)32)18-21(30)20-12-15-26(27-17-20)13-8-3-4-9-14-26/h5-7,10-11,20,27H,3-4,8-9,12-18H2,1-2H3. The van der Waals surface area contributed by atoms with Crippen molar-refractivity contribution in [1.29, 1.82) is 0 Å². The van der Waals surface area contributed by atoms with E-state index in [2.05, 4.69) is 5.32 Å². The third-order valence-corrected chi connectivity index (χ3v) is 7.94. The Morgan fingerprint density at radius 1 is 1.00 bits per heavy atom. The zero-order valence-electron chi connectivity index (χ0n) is 19.8. The summed E-state index contributed by atoms with van der Waals surface area (Å²) in [5, 5.41) is 3.66. The van der Waals surface area contributed by atoms with Gasteiger partial charge in [-0.1, -0.05) is 56.0 Å². The van der Waals surface area contributed by atoms with Crippen LogP contribution in [0, 0.1) is 11.3 Å². The molecule has 3 fully saturated rings. The smallest absolute Gasteiger partial charge is 0.311 e. The lowest BCUT2D eigenvalue weighted by Crippen LogP contribution is -2.65. The van der Waals surface area contributed by atoms with Crippen LogP contribution in [0.25, 0.3) is 0 Å². The van der Waals surface area contributed by atoms with Gasteiger partial charge < -0.3 is 5.32 Å². The highest BCUT2D eigenvalue weighted by Gasteiger charge is 2.53. The highest BCUT2D eigenvalue weighted by molar-refractivity contribution is 6.19. The van der Waals surface area contributed by atoms with E-state index >= 15 is 0 Å². The first-order valence-corrected chi connectivity index (χ1v) is 12.2. The summed E-state index contributed by atoms with van der Waals surface area (Å²) in [4.78, 5) is 54.3. The van der Waals surface area contributed by atoms with Crippen molar-refractivity contribution in [3.63, 3.8) is 0 Å². The molecule has 1 spiro atoms. The Kier molecular flexibility index (Phi) is 6.71. The summed E-state index contributed by atoms with van der Waals surface area (Å²) in [5.41, 5.74) is -0.439. The lowest BCUT2D eigenvalue weighted by atomic mass is 9.77. The van der Waals surface area contributed by atoms with Gasteiger partial charge in [0.15, 0.2) is 5.78 Å². The SMILES string of the molecule is CN1C(=O)N(CC(=O)C2CCC3(CCCCCC3)NC2)C(=O)C(C)(Cc2ccccc2)C1=O. The van der Waals surface area contributed by atoms with Crippen LogP contribution in [0.1, 0.15) is 63.9 Å². The van der Waals surface area contributed by atoms with Crippen molar-refractivity contribution in [2.45, 2.75) is 70.3 Å². The zero-order valence-corrected chi connectivity index (χ0v) is 19.8. The maximum Gasteiger partial charge on any atom is 0.333 e. The van der Waals surface area contributed by atoms with E-state index < -0.39 is 23.3 Å². The second kappa shape index (κ2) is 9.37. The van der Waals surface area contributed by atoms with Crippen LogP contribution in [0.2, 0.25) is 0 Å². The topological polar surface area (TPSA) is 86.8 Å². The van der Waals surface area contributed by atoms with Gasteiger partial charge in [-0.2, -0.15) is 0 Å². The van der Waals surface area contributed by atoms with Crippen molar-refractivity contribution in [3.05, 3.63) is 35.9 Å². The van der Waals surface area contributed by atoms with Gasteiger partial charge >= 0.3 is 6.03 Å². The normalized spacial score (nSPS) is 28.2. The minimum absolute atomic E-state index is 0.113. The third-order valence-electron chi connectivity index (χ3n) is 7.94. The Morgan fingerprint density at radius 2 is 1.67 bits per heavy atom. The Labute approximate surface area is 195 Å². The third kappa shape index (κ3) is 4.60. The van der Waals surface area contributed by atoms with Crippen LogP contribution in [0.3, 0.4) is 0 Å². The molecule has 1 N–H and O–H groups in total. The van der Waals surface area contributed by atoms with Gasteiger partial charge in [0.25, 0.3) is 0 Å². The number of rotatable bonds is 5. The molecule has 2 unspecified atom stereocenters. The Hall–Kier alpha value is -2.54. The second-order valence-corrected chi connectivity index (χ2v) is 10.3. The molecular formula is C26H35N3O4. The fourth-order valence-electron chi connectivity index (χ4n) is 5.78. The van der Waals surface area contributed by atoms with Crippen molar-refractivity contribution in [3.8, 4) is 0 Å². The quantitative estimate of drug-likeness (QED) is 0.691. The van der Waals surface area contributed by atoms with E-state index in [1.165, 1.54) is 32.7 Å². The molecule has 1 aliphatic carbocycles. The molecule has 1 aromatic carbocycles. The molecule has 0 aromatic heterocycles. The molecule has 3 aliphatic rings. The van der Waals surface area contributed by atoms with Crippen LogP contribution < -0.4 is 5.32 Å². The lowest BCUT2D eigenvalue weighted by Gasteiger charge is -2.43. The first-order valence-electron chi connectivity index (χ1n) is 12.2. The van der Waals surface area contributed by atoms with Crippen LogP contribution in [-0.4, -0.2) is 59.1 Å². The monoisotopic (exact) mass is 453 g/mol. The Morgan fingerprint density at radius 3 is 2.27 bits per heavy atom. The predicted molar refractivity (Wildman–Crippen MR) is 124 cm³/mol. The number of nitrogens with zero attached hydrogens (tertiary/aromatic N) is 2. The highest BCUT2D eigenvalue weighted by atomic mass is 16.2. The molecule has 4 amide bonds.